The van der Waals surface area contributed by atoms with E-state index in [9.17, 15) is 9.90 Å². The lowest BCUT2D eigenvalue weighted by Crippen LogP contribution is -2.43. The van der Waals surface area contributed by atoms with Crippen LogP contribution in [0.2, 0.25) is 5.02 Å². The first-order valence-corrected chi connectivity index (χ1v) is 13.7. The summed E-state index contributed by atoms with van der Waals surface area (Å²) in [5.41, 5.74) is 5.10. The number of piperidine rings is 1. The Bertz CT molecular complexity index is 1280. The molecule has 1 saturated heterocycles. The van der Waals surface area contributed by atoms with Gasteiger partial charge in [-0.1, -0.05) is 24.1 Å². The van der Waals surface area contributed by atoms with Crippen LogP contribution in [0.3, 0.4) is 0 Å². The van der Waals surface area contributed by atoms with Crippen LogP contribution in [-0.4, -0.2) is 59.3 Å². The van der Waals surface area contributed by atoms with Crippen molar-refractivity contribution in [3.8, 4) is 17.0 Å². The number of benzene rings is 2. The van der Waals surface area contributed by atoms with Crippen molar-refractivity contribution >= 4 is 28.4 Å². The first-order valence-electron chi connectivity index (χ1n) is 13.3. The first-order chi connectivity index (χ1) is 17.8. The van der Waals surface area contributed by atoms with Gasteiger partial charge in [-0.05, 0) is 82.6 Å². The molecule has 0 aliphatic carbocycles. The van der Waals surface area contributed by atoms with Gasteiger partial charge in [0, 0.05) is 46.4 Å². The summed E-state index contributed by atoms with van der Waals surface area (Å²) in [6.07, 6.45) is 4.65. The zero-order chi connectivity index (χ0) is 26.0. The fourth-order valence-electron chi connectivity index (χ4n) is 5.23. The summed E-state index contributed by atoms with van der Waals surface area (Å²) in [5.74, 6) is 0.469. The van der Waals surface area contributed by atoms with Crippen molar-refractivity contribution in [2.24, 2.45) is 0 Å². The maximum absolute atomic E-state index is 12.8. The molecule has 0 saturated carbocycles. The number of likely N-dealkylation sites (tertiary alicyclic amines) is 1. The van der Waals surface area contributed by atoms with Gasteiger partial charge in [0.05, 0.1) is 23.8 Å². The molecule has 0 atom stereocenters. The van der Waals surface area contributed by atoms with E-state index in [4.69, 9.17) is 16.3 Å². The van der Waals surface area contributed by atoms with E-state index in [1.54, 1.807) is 0 Å². The molecule has 3 heterocycles. The van der Waals surface area contributed by atoms with E-state index in [1.807, 2.05) is 19.9 Å². The summed E-state index contributed by atoms with van der Waals surface area (Å²) >= 11 is 6.70. The zero-order valence-corrected chi connectivity index (χ0v) is 22.5. The number of H-pyrrole nitrogens is 1. The molecular formula is C29H37ClN4O3. The van der Waals surface area contributed by atoms with Crippen LogP contribution in [0.5, 0.6) is 5.75 Å². The van der Waals surface area contributed by atoms with Crippen molar-refractivity contribution in [2.45, 2.75) is 58.2 Å². The lowest BCUT2D eigenvalue weighted by molar-refractivity contribution is 0.0966. The number of ether oxygens (including phenoxy) is 1. The Kier molecular flexibility index (Phi) is 7.77. The third kappa shape index (κ3) is 5.80. The van der Waals surface area contributed by atoms with E-state index in [1.165, 1.54) is 37.9 Å². The lowest BCUT2D eigenvalue weighted by Gasteiger charge is -2.26. The normalized spacial score (nSPS) is 16.3. The number of halogens is 1. The van der Waals surface area contributed by atoms with E-state index >= 15 is 0 Å². The lowest BCUT2D eigenvalue weighted by atomic mass is 9.99. The topological polar surface area (TPSA) is 89.6 Å². The summed E-state index contributed by atoms with van der Waals surface area (Å²) in [5, 5.41) is 17.3. The Morgan fingerprint density at radius 1 is 1.16 bits per heavy atom. The Morgan fingerprint density at radius 3 is 2.76 bits per heavy atom. The predicted octanol–water partition coefficient (Wildman–Crippen LogP) is 4.85. The molecular weight excluding hydrogens is 488 g/mol. The number of carbonyl (C=O) groups excluding carboxylic acids is 1. The first kappa shape index (κ1) is 26.0. The maximum atomic E-state index is 12.8. The van der Waals surface area contributed by atoms with E-state index in [2.05, 4.69) is 44.8 Å². The molecule has 4 N–H and O–H groups in total. The molecule has 8 heteroatoms. The minimum absolute atomic E-state index is 0.0686. The minimum atomic E-state index is -0.326. The van der Waals surface area contributed by atoms with Crippen molar-refractivity contribution in [1.29, 1.82) is 0 Å². The van der Waals surface area contributed by atoms with Gasteiger partial charge >= 0.3 is 0 Å². The second-order valence-corrected chi connectivity index (χ2v) is 11.3. The largest absolute Gasteiger partial charge is 0.492 e. The number of hydrogen-bond donors (Lipinski definition) is 4. The molecule has 2 aliphatic heterocycles. The fourth-order valence-corrected chi connectivity index (χ4v) is 5.50. The molecule has 0 radical (unpaired) electrons. The van der Waals surface area contributed by atoms with Gasteiger partial charge in [0.25, 0.3) is 5.91 Å². The Balaban J connectivity index is 1.38. The summed E-state index contributed by atoms with van der Waals surface area (Å²) < 4.78 is 6.09. The van der Waals surface area contributed by atoms with Crippen molar-refractivity contribution in [1.82, 2.24) is 20.5 Å². The zero-order valence-electron chi connectivity index (χ0n) is 21.8. The smallest absolute Gasteiger partial charge is 0.252 e. The van der Waals surface area contributed by atoms with Crippen LogP contribution in [-0.2, 0) is 13.1 Å². The number of rotatable bonds is 10. The molecule has 3 aromatic rings. The number of nitrogens with one attached hydrogen (secondary N) is 3. The van der Waals surface area contributed by atoms with Crippen molar-refractivity contribution in [2.75, 3.05) is 32.8 Å². The quantitative estimate of drug-likeness (QED) is 0.285. The molecule has 2 aromatic carbocycles. The number of fused-ring (bicyclic) bond motifs is 2. The molecule has 2 aliphatic rings. The van der Waals surface area contributed by atoms with Crippen molar-refractivity contribution in [3.05, 3.63) is 52.0 Å². The Morgan fingerprint density at radius 2 is 1.97 bits per heavy atom. The second kappa shape index (κ2) is 11.0. The van der Waals surface area contributed by atoms with Crippen LogP contribution in [0, 0.1) is 0 Å². The standard InChI is InChI=1S/C29H37ClN4O3/c1-29(2,18-35)32-9-6-12-37-25-15-21(26-22(27(25)30)16-31-28(26)36)24-14-20-13-19(7-8-23(20)33-24)17-34-10-4-3-5-11-34/h7-8,13-15,32-33,35H,3-6,9-12,16-18H2,1-2H3,(H,31,36). The molecule has 1 fully saturated rings. The summed E-state index contributed by atoms with van der Waals surface area (Å²) in [6, 6.07) is 10.6. The number of amides is 1. The van der Waals surface area contributed by atoms with Gasteiger partial charge in [0.2, 0.25) is 0 Å². The van der Waals surface area contributed by atoms with Gasteiger partial charge in [-0.2, -0.15) is 0 Å². The van der Waals surface area contributed by atoms with Crippen LogP contribution in [0.15, 0.2) is 30.3 Å². The Hall–Kier alpha value is -2.58. The predicted molar refractivity (Wildman–Crippen MR) is 148 cm³/mol. The highest BCUT2D eigenvalue weighted by Gasteiger charge is 2.29. The van der Waals surface area contributed by atoms with Gasteiger partial charge in [-0.15, -0.1) is 0 Å². The number of aromatic nitrogens is 1. The van der Waals surface area contributed by atoms with Gasteiger partial charge in [0.1, 0.15) is 5.75 Å². The van der Waals surface area contributed by atoms with Crippen LogP contribution >= 0.6 is 11.6 Å². The molecule has 7 nitrogen and oxygen atoms in total. The van der Waals surface area contributed by atoms with Crippen molar-refractivity contribution < 1.29 is 14.6 Å². The number of hydrogen-bond acceptors (Lipinski definition) is 5. The number of carbonyl (C=O) groups is 1. The average molecular weight is 525 g/mol. The van der Waals surface area contributed by atoms with E-state index in [0.717, 1.165) is 40.7 Å². The molecule has 0 unspecified atom stereocenters. The summed E-state index contributed by atoms with van der Waals surface area (Å²) in [6.45, 7) is 8.86. The van der Waals surface area contributed by atoms with Crippen molar-refractivity contribution in [3.63, 3.8) is 0 Å². The minimum Gasteiger partial charge on any atom is -0.492 e. The average Bonchev–Trinajstić information content (AvgIpc) is 3.49. The van der Waals surface area contributed by atoms with Gasteiger partial charge < -0.3 is 25.5 Å². The fraction of sp³-hybridized carbons (Fsp3) is 0.483. The maximum Gasteiger partial charge on any atom is 0.252 e. The number of aliphatic hydroxyl groups is 1. The van der Waals surface area contributed by atoms with Crippen LogP contribution in [0.25, 0.3) is 22.2 Å². The highest BCUT2D eigenvalue weighted by molar-refractivity contribution is 6.34. The van der Waals surface area contributed by atoms with Gasteiger partial charge in [-0.3, -0.25) is 9.69 Å². The summed E-state index contributed by atoms with van der Waals surface area (Å²) in [7, 11) is 0. The number of aliphatic hydroxyl groups excluding tert-OH is 1. The molecule has 1 amide bonds. The molecule has 198 valence electrons. The summed E-state index contributed by atoms with van der Waals surface area (Å²) in [4.78, 5) is 18.8. The van der Waals surface area contributed by atoms with Crippen LogP contribution < -0.4 is 15.4 Å². The second-order valence-electron chi connectivity index (χ2n) is 10.9. The molecule has 5 rings (SSSR count). The highest BCUT2D eigenvalue weighted by Crippen LogP contribution is 2.41. The number of nitrogens with zero attached hydrogens (tertiary/aromatic N) is 1. The number of aromatic amines is 1. The third-order valence-electron chi connectivity index (χ3n) is 7.39. The molecule has 37 heavy (non-hydrogen) atoms. The van der Waals surface area contributed by atoms with E-state index in [0.29, 0.717) is 36.0 Å². The van der Waals surface area contributed by atoms with Crippen LogP contribution in [0.4, 0.5) is 0 Å². The van der Waals surface area contributed by atoms with E-state index < -0.39 is 0 Å². The Labute approximate surface area is 223 Å². The van der Waals surface area contributed by atoms with Gasteiger partial charge in [0.15, 0.2) is 0 Å². The highest BCUT2D eigenvalue weighted by atomic mass is 35.5. The monoisotopic (exact) mass is 524 g/mol. The molecule has 0 bridgehead atoms. The molecule has 0 spiro atoms. The third-order valence-corrected chi connectivity index (χ3v) is 7.80. The van der Waals surface area contributed by atoms with E-state index in [-0.39, 0.29) is 18.1 Å². The van der Waals surface area contributed by atoms with Gasteiger partial charge in [-0.25, -0.2) is 0 Å². The SMILES string of the molecule is CC(C)(CO)NCCCOc1cc(-c2cc3cc(CN4CCCCC4)ccc3[nH]2)c2c(c1Cl)CNC2=O. The van der Waals surface area contributed by atoms with Crippen LogP contribution in [0.1, 0.15) is 61.0 Å². The molecule has 1 aromatic heterocycles.